The van der Waals surface area contributed by atoms with Gasteiger partial charge in [0.05, 0.1) is 0 Å². The number of methoxy groups -OCH3 is 1. The van der Waals surface area contributed by atoms with Crippen LogP contribution in [-0.4, -0.2) is 13.8 Å². The first-order chi connectivity index (χ1) is 11.9. The standard InChI is InChI=1S/C11H16O2.C9H13.C2H7Si.2ClH.Ti/c1-11(2,3)8-5-9(12)7-10(6-8)13-4;1-9(2,3)8-6-4-5-7-8;1-3-2;;;/h5-7,12H,1-4H3;4,6H,5H2,1-3H3;3H,1-2H3;2*1H;/q;;;;;+1/p-1. The summed E-state index contributed by atoms with van der Waals surface area (Å²) in [6.07, 6.45) is 5.76. The minimum atomic E-state index is -1.78. The first-order valence-electron chi connectivity index (χ1n) is 9.58. The number of hydrogen-bond donors (Lipinski definition) is 0. The van der Waals surface area contributed by atoms with E-state index in [1.165, 1.54) is 11.1 Å². The molecule has 0 heterocycles. The molecule has 1 aromatic rings. The monoisotopic (exact) mass is 479 g/mol. The molecule has 0 fully saturated rings. The van der Waals surface area contributed by atoms with Crippen molar-refractivity contribution in [2.75, 3.05) is 7.11 Å². The molecule has 1 aliphatic rings. The van der Waals surface area contributed by atoms with Crippen molar-refractivity contribution in [3.63, 3.8) is 0 Å². The van der Waals surface area contributed by atoms with Crippen molar-refractivity contribution in [2.24, 2.45) is 5.41 Å². The fourth-order valence-corrected chi connectivity index (χ4v) is 12.7. The Morgan fingerprint density at radius 3 is 1.93 bits per heavy atom. The van der Waals surface area contributed by atoms with Crippen molar-refractivity contribution in [3.8, 4) is 11.5 Å². The van der Waals surface area contributed by atoms with Crippen molar-refractivity contribution >= 4 is 31.5 Å². The molecule has 28 heavy (non-hydrogen) atoms. The number of ether oxygens (including phenoxy) is 1. The van der Waals surface area contributed by atoms with E-state index >= 15 is 0 Å². The number of benzene rings is 1. The predicted molar refractivity (Wildman–Crippen MR) is 126 cm³/mol. The summed E-state index contributed by atoms with van der Waals surface area (Å²) < 4.78 is 14.0. The zero-order valence-corrected chi connectivity index (χ0v) is 23.2. The third kappa shape index (κ3) is 6.95. The molecule has 0 aromatic heterocycles. The smallest absolute Gasteiger partial charge is 0.147 e. The zero-order valence-electron chi connectivity index (χ0n) is 18.8. The van der Waals surface area contributed by atoms with Crippen LogP contribution < -0.4 is 8.06 Å². The molecule has 0 radical (unpaired) electrons. The maximum atomic E-state index is 6.81. The average Bonchev–Trinajstić information content (AvgIpc) is 3.00. The molecule has 0 saturated heterocycles. The third-order valence-electron chi connectivity index (χ3n) is 4.77. The van der Waals surface area contributed by atoms with E-state index in [9.17, 15) is 0 Å². The van der Waals surface area contributed by atoms with Crippen LogP contribution in [0.2, 0.25) is 13.1 Å². The number of rotatable bonds is 5. The molecule has 0 spiro atoms. The zero-order chi connectivity index (χ0) is 19.7. The van der Waals surface area contributed by atoms with Gasteiger partial charge in [0.1, 0.15) is 0 Å². The Hall–Kier alpha value is -0.189. The number of allylic oxidation sites excluding steroid dienone is 4. The maximum Gasteiger partial charge on any atom is -0.147 e. The molecular formula is C22H37Cl2O2SiTi. The van der Waals surface area contributed by atoms with Gasteiger partial charge in [0, 0.05) is 0 Å². The molecule has 0 bridgehead atoms. The maximum absolute atomic E-state index is 6.81. The third-order valence-corrected chi connectivity index (χ3v) is 15.0. The Morgan fingerprint density at radius 1 is 0.893 bits per heavy atom. The fraction of sp³-hybridized carbons (Fsp3) is 0.545. The Labute approximate surface area is 192 Å². The van der Waals surface area contributed by atoms with Crippen LogP contribution in [0.15, 0.2) is 39.8 Å². The van der Waals surface area contributed by atoms with Gasteiger partial charge in [0.15, 0.2) is 0 Å². The van der Waals surface area contributed by atoms with E-state index in [0.717, 1.165) is 17.9 Å². The second-order valence-electron chi connectivity index (χ2n) is 9.52. The molecule has 0 atom stereocenters. The summed E-state index contributed by atoms with van der Waals surface area (Å²) in [6.45, 7) is 17.7. The SMILES string of the molecule is COc1cc([O][Ti]([C]2=C(C(C)(C)C)C=CC2)[SiH](C)C)cc(C(C)(C)C)c1.Cl.Cl. The van der Waals surface area contributed by atoms with Crippen molar-refractivity contribution in [3.05, 3.63) is 45.4 Å². The van der Waals surface area contributed by atoms with E-state index in [1.807, 2.05) is 0 Å². The Kier molecular flexibility index (Phi) is 10.7. The van der Waals surface area contributed by atoms with Crippen LogP contribution in [-0.2, 0) is 22.9 Å². The van der Waals surface area contributed by atoms with E-state index in [1.54, 1.807) is 11.0 Å². The van der Waals surface area contributed by atoms with E-state index in [-0.39, 0.29) is 35.6 Å². The van der Waals surface area contributed by atoms with Crippen LogP contribution in [0, 0.1) is 5.41 Å². The molecule has 2 rings (SSSR count). The largest absolute Gasteiger partial charge is 0.147 e. The van der Waals surface area contributed by atoms with E-state index in [4.69, 9.17) is 8.06 Å². The molecule has 0 unspecified atom stereocenters. The second kappa shape index (κ2) is 10.7. The molecule has 1 aromatic carbocycles. The van der Waals surface area contributed by atoms with Gasteiger partial charge in [-0.3, -0.25) is 0 Å². The van der Waals surface area contributed by atoms with Crippen molar-refractivity contribution < 1.29 is 25.6 Å². The molecule has 0 amide bonds. The van der Waals surface area contributed by atoms with Gasteiger partial charge >= 0.3 is 168 Å². The molecule has 159 valence electrons. The van der Waals surface area contributed by atoms with E-state index < -0.39 is 24.2 Å². The Bertz CT molecular complexity index is 716. The molecule has 6 heteroatoms. The summed E-state index contributed by atoms with van der Waals surface area (Å²) in [6, 6.07) is 6.43. The van der Waals surface area contributed by atoms with Crippen LogP contribution in [0.25, 0.3) is 0 Å². The van der Waals surface area contributed by atoms with E-state index in [2.05, 4.69) is 85.0 Å². The summed E-state index contributed by atoms with van der Waals surface area (Å²) in [7, 11) is 1.74. The summed E-state index contributed by atoms with van der Waals surface area (Å²) in [4.78, 5) is 0. The van der Waals surface area contributed by atoms with Crippen LogP contribution in [0.1, 0.15) is 53.5 Å². The van der Waals surface area contributed by atoms with Crippen molar-refractivity contribution in [1.82, 2.24) is 0 Å². The quantitative estimate of drug-likeness (QED) is 0.423. The molecule has 2 nitrogen and oxygen atoms in total. The Morgan fingerprint density at radius 2 is 1.46 bits per heavy atom. The molecule has 0 N–H and O–H groups in total. The van der Waals surface area contributed by atoms with Gasteiger partial charge in [-0.25, -0.2) is 0 Å². The fourth-order valence-electron chi connectivity index (χ4n) is 3.28. The number of halogens is 2. The van der Waals surface area contributed by atoms with Gasteiger partial charge in [0.25, 0.3) is 0 Å². The minimum Gasteiger partial charge on any atom is -0.147 e. The predicted octanol–water partition coefficient (Wildman–Crippen LogP) is 6.99. The molecular weight excluding hydrogens is 443 g/mol. The van der Waals surface area contributed by atoms with E-state index in [0.29, 0.717) is 0 Å². The topological polar surface area (TPSA) is 18.5 Å². The normalized spacial score (nSPS) is 13.9. The molecule has 1 aliphatic carbocycles. The van der Waals surface area contributed by atoms with Gasteiger partial charge in [-0.15, -0.1) is 24.8 Å². The van der Waals surface area contributed by atoms with Gasteiger partial charge in [-0.1, -0.05) is 0 Å². The van der Waals surface area contributed by atoms with Gasteiger partial charge in [-0.2, -0.15) is 0 Å². The number of hydrogen-bond acceptors (Lipinski definition) is 2. The summed E-state index contributed by atoms with van der Waals surface area (Å²) in [5.41, 5.74) is 3.06. The van der Waals surface area contributed by atoms with Crippen LogP contribution in [0.3, 0.4) is 0 Å². The average molecular weight is 480 g/mol. The van der Waals surface area contributed by atoms with Crippen LogP contribution in [0.5, 0.6) is 11.5 Å². The van der Waals surface area contributed by atoms with Gasteiger partial charge in [-0.05, 0) is 0 Å². The molecule has 0 aliphatic heterocycles. The molecule has 0 saturated carbocycles. The van der Waals surface area contributed by atoms with Crippen LogP contribution in [0.4, 0.5) is 0 Å². The summed E-state index contributed by atoms with van der Waals surface area (Å²) in [5, 5.41) is 0. The van der Waals surface area contributed by atoms with Gasteiger partial charge < -0.3 is 0 Å². The first kappa shape index (κ1) is 27.8. The summed E-state index contributed by atoms with van der Waals surface area (Å²) >= 11 is -1.78. The first-order valence-corrected chi connectivity index (χ1v) is 16.6. The van der Waals surface area contributed by atoms with Gasteiger partial charge in [0.2, 0.25) is 0 Å². The minimum absolute atomic E-state index is 0. The second-order valence-corrected chi connectivity index (χ2v) is 21.8. The van der Waals surface area contributed by atoms with Crippen LogP contribution >= 0.6 is 24.8 Å². The van der Waals surface area contributed by atoms with Crippen molar-refractivity contribution in [1.29, 1.82) is 0 Å². The Balaban J connectivity index is 0.00000364. The summed E-state index contributed by atoms with van der Waals surface area (Å²) in [5.74, 6) is 1.89. The van der Waals surface area contributed by atoms with Crippen molar-refractivity contribution in [2.45, 2.75) is 66.5 Å².